The molecule has 2 atom stereocenters. The number of hydrogen-bond acceptors (Lipinski definition) is 5. The maximum Gasteiger partial charge on any atom is 0.305 e. The first-order valence-electron chi connectivity index (χ1n) is 32.6. The summed E-state index contributed by atoms with van der Waals surface area (Å²) in [5, 5.41) is 23.1. The van der Waals surface area contributed by atoms with Gasteiger partial charge in [-0.3, -0.25) is 9.59 Å². The predicted molar refractivity (Wildman–Crippen MR) is 324 cm³/mol. The molecule has 0 aromatic rings. The summed E-state index contributed by atoms with van der Waals surface area (Å²) in [6.07, 6.45) is 82.7. The quantitative estimate of drug-likeness (QED) is 0.0320. The molecule has 0 heterocycles. The lowest BCUT2D eigenvalue weighted by molar-refractivity contribution is -0.143. The zero-order valence-corrected chi connectivity index (χ0v) is 49.3. The van der Waals surface area contributed by atoms with Gasteiger partial charge < -0.3 is 20.3 Å². The summed E-state index contributed by atoms with van der Waals surface area (Å²) in [6, 6.07) is -0.634. The minimum Gasteiger partial charge on any atom is -0.466 e. The van der Waals surface area contributed by atoms with Gasteiger partial charge >= 0.3 is 5.97 Å². The number of rotatable bonds is 60. The van der Waals surface area contributed by atoms with E-state index in [9.17, 15) is 19.8 Å². The molecule has 0 saturated carbocycles. The number of nitrogens with one attached hydrogen (secondary N) is 1. The zero-order chi connectivity index (χ0) is 53.6. The minimum absolute atomic E-state index is 0.000364. The Hall–Kier alpha value is -2.44. The number of aliphatic hydroxyl groups is 2. The van der Waals surface area contributed by atoms with Gasteiger partial charge in [-0.15, -0.1) is 0 Å². The summed E-state index contributed by atoms with van der Waals surface area (Å²) in [5.41, 5.74) is 0. The third-order valence-electron chi connectivity index (χ3n) is 14.8. The minimum atomic E-state index is -0.849. The molecule has 0 bridgehead atoms. The number of aliphatic hydroxyl groups excluding tert-OH is 2. The molecule has 0 aliphatic rings. The van der Waals surface area contributed by atoms with Gasteiger partial charge in [-0.1, -0.05) is 286 Å². The Kier molecular flexibility index (Phi) is 61.0. The smallest absolute Gasteiger partial charge is 0.305 e. The van der Waals surface area contributed by atoms with Crippen LogP contribution in [0.4, 0.5) is 0 Å². The van der Waals surface area contributed by atoms with Gasteiger partial charge in [0.15, 0.2) is 0 Å². The molecule has 2 unspecified atom stereocenters. The second-order valence-corrected chi connectivity index (χ2v) is 22.1. The summed E-state index contributed by atoms with van der Waals surface area (Å²) in [7, 11) is 0. The summed E-state index contributed by atoms with van der Waals surface area (Å²) < 4.78 is 5.49. The van der Waals surface area contributed by atoms with E-state index in [-0.39, 0.29) is 18.5 Å². The predicted octanol–water partition coefficient (Wildman–Crippen LogP) is 20.7. The zero-order valence-electron chi connectivity index (χ0n) is 49.3. The van der Waals surface area contributed by atoms with E-state index in [1.54, 1.807) is 6.08 Å². The van der Waals surface area contributed by atoms with E-state index >= 15 is 0 Å². The van der Waals surface area contributed by atoms with Gasteiger partial charge in [0.25, 0.3) is 0 Å². The molecule has 0 fully saturated rings. The van der Waals surface area contributed by atoms with E-state index in [4.69, 9.17) is 4.74 Å². The lowest BCUT2D eigenvalue weighted by Gasteiger charge is -2.20. The molecule has 6 heteroatoms. The lowest BCUT2D eigenvalue weighted by atomic mass is 10.0. The second kappa shape index (κ2) is 63.1. The van der Waals surface area contributed by atoms with Gasteiger partial charge in [-0.2, -0.15) is 0 Å². The number of ether oxygens (including phenoxy) is 1. The highest BCUT2D eigenvalue weighted by atomic mass is 16.5. The summed E-state index contributed by atoms with van der Waals surface area (Å²) >= 11 is 0. The molecule has 3 N–H and O–H groups in total. The van der Waals surface area contributed by atoms with Crippen LogP contribution >= 0.6 is 0 Å². The molecule has 6 nitrogen and oxygen atoms in total. The molecule has 0 radical (unpaired) electrons. The van der Waals surface area contributed by atoms with E-state index in [0.29, 0.717) is 19.4 Å². The van der Waals surface area contributed by atoms with Crippen molar-refractivity contribution in [3.8, 4) is 0 Å². The van der Waals surface area contributed by atoms with Gasteiger partial charge in [0.05, 0.1) is 25.4 Å². The van der Waals surface area contributed by atoms with Crippen molar-refractivity contribution in [3.63, 3.8) is 0 Å². The average molecular weight is 1040 g/mol. The fourth-order valence-electron chi connectivity index (χ4n) is 9.75. The van der Waals surface area contributed by atoms with Gasteiger partial charge in [-0.25, -0.2) is 0 Å². The van der Waals surface area contributed by atoms with Crippen molar-refractivity contribution < 1.29 is 24.5 Å². The van der Waals surface area contributed by atoms with E-state index in [0.717, 1.165) is 57.8 Å². The number of esters is 1. The molecule has 0 aromatic heterocycles. The Morgan fingerprint density at radius 2 is 0.676 bits per heavy atom. The van der Waals surface area contributed by atoms with E-state index < -0.39 is 12.1 Å². The Morgan fingerprint density at radius 1 is 0.378 bits per heavy atom. The standard InChI is InChI=1S/C68H125NO5/c1-3-5-7-9-11-13-15-17-19-29-34-38-42-46-50-54-58-62-68(73)74-63-59-55-51-47-43-39-35-31-28-26-24-22-20-21-23-25-27-30-33-37-41-45-49-53-57-61-67(72)69-65(64-70)66(71)60-56-52-48-44-40-36-32-18-16-14-12-10-8-6-4-2/h11,13,17,19,21-24,56,60,65-66,70-71H,3-10,12,14-16,18,20,25-55,57-59,61-64H2,1-2H3,(H,69,72)/b13-11-,19-17-,23-21-,24-22-,60-56+. The number of allylic oxidation sites excluding steroid dienone is 9. The van der Waals surface area contributed by atoms with Gasteiger partial charge in [-0.05, 0) is 96.3 Å². The van der Waals surface area contributed by atoms with Crippen molar-refractivity contribution in [2.75, 3.05) is 13.2 Å². The maximum absolute atomic E-state index is 12.5. The van der Waals surface area contributed by atoms with Crippen LogP contribution in [0.5, 0.6) is 0 Å². The first-order chi connectivity index (χ1) is 36.5. The Bertz CT molecular complexity index is 1290. The Balaban J connectivity index is 3.45. The van der Waals surface area contributed by atoms with Crippen molar-refractivity contribution in [2.45, 2.75) is 347 Å². The molecular formula is C68H125NO5. The number of amides is 1. The van der Waals surface area contributed by atoms with Gasteiger partial charge in [0.2, 0.25) is 5.91 Å². The van der Waals surface area contributed by atoms with Crippen molar-refractivity contribution in [1.82, 2.24) is 5.32 Å². The van der Waals surface area contributed by atoms with Crippen LogP contribution in [-0.2, 0) is 14.3 Å². The molecule has 0 spiro atoms. The van der Waals surface area contributed by atoms with Crippen LogP contribution in [0.25, 0.3) is 0 Å². The fraction of sp³-hybridized carbons (Fsp3) is 0.824. The van der Waals surface area contributed by atoms with Crippen LogP contribution in [0.3, 0.4) is 0 Å². The van der Waals surface area contributed by atoms with Crippen LogP contribution in [0.1, 0.15) is 335 Å². The molecule has 0 saturated heterocycles. The molecule has 0 aliphatic heterocycles. The van der Waals surface area contributed by atoms with E-state index in [2.05, 4.69) is 67.8 Å². The third-order valence-corrected chi connectivity index (χ3v) is 14.8. The number of unbranched alkanes of at least 4 members (excludes halogenated alkanes) is 41. The number of carbonyl (C=O) groups excluding carboxylic acids is 2. The van der Waals surface area contributed by atoms with Crippen LogP contribution in [0, 0.1) is 0 Å². The van der Waals surface area contributed by atoms with E-state index in [1.807, 2.05) is 6.08 Å². The molecule has 0 rings (SSSR count). The third kappa shape index (κ3) is 58.8. The van der Waals surface area contributed by atoms with Gasteiger partial charge in [0.1, 0.15) is 0 Å². The number of hydrogen-bond donors (Lipinski definition) is 3. The first kappa shape index (κ1) is 71.6. The Labute approximate surface area is 460 Å². The first-order valence-corrected chi connectivity index (χ1v) is 32.6. The highest BCUT2D eigenvalue weighted by molar-refractivity contribution is 5.76. The van der Waals surface area contributed by atoms with Crippen molar-refractivity contribution in [1.29, 1.82) is 0 Å². The monoisotopic (exact) mass is 1040 g/mol. The highest BCUT2D eigenvalue weighted by Crippen LogP contribution is 2.16. The highest BCUT2D eigenvalue weighted by Gasteiger charge is 2.18. The molecule has 432 valence electrons. The lowest BCUT2D eigenvalue weighted by Crippen LogP contribution is -2.45. The normalized spacial score (nSPS) is 13.0. The second-order valence-electron chi connectivity index (χ2n) is 22.1. The Morgan fingerprint density at radius 3 is 1.05 bits per heavy atom. The van der Waals surface area contributed by atoms with Crippen molar-refractivity contribution in [3.05, 3.63) is 60.8 Å². The largest absolute Gasteiger partial charge is 0.466 e. The molecular weight excluding hydrogens is 911 g/mol. The fourth-order valence-corrected chi connectivity index (χ4v) is 9.75. The summed E-state index contributed by atoms with van der Waals surface area (Å²) in [4.78, 5) is 24.5. The van der Waals surface area contributed by atoms with Gasteiger partial charge in [0, 0.05) is 12.8 Å². The van der Waals surface area contributed by atoms with Crippen LogP contribution < -0.4 is 5.32 Å². The average Bonchev–Trinajstić information content (AvgIpc) is 3.40. The molecule has 0 aromatic carbocycles. The summed E-state index contributed by atoms with van der Waals surface area (Å²) in [6.45, 7) is 4.88. The molecule has 74 heavy (non-hydrogen) atoms. The van der Waals surface area contributed by atoms with Crippen LogP contribution in [0.15, 0.2) is 60.8 Å². The number of carbonyl (C=O) groups is 2. The van der Waals surface area contributed by atoms with Crippen molar-refractivity contribution >= 4 is 11.9 Å². The molecule has 0 aliphatic carbocycles. The van der Waals surface area contributed by atoms with Crippen LogP contribution in [-0.4, -0.2) is 47.4 Å². The SMILES string of the molecule is CCCCC/C=C\C/C=C\CCCCCCCCCC(=O)OCCCCCCCCCCC/C=C\C/C=C\CCCCCCCCCCCC(=O)NC(CO)C(O)/C=C/CCCCCCCCCCCCCCC. The van der Waals surface area contributed by atoms with Crippen LogP contribution in [0.2, 0.25) is 0 Å². The van der Waals surface area contributed by atoms with Crippen molar-refractivity contribution in [2.24, 2.45) is 0 Å². The van der Waals surface area contributed by atoms with E-state index in [1.165, 1.54) is 250 Å². The molecule has 1 amide bonds. The summed E-state index contributed by atoms with van der Waals surface area (Å²) in [5.74, 6) is -0.0734. The maximum atomic E-state index is 12.5. The topological polar surface area (TPSA) is 95.9 Å².